The summed E-state index contributed by atoms with van der Waals surface area (Å²) >= 11 is 0. The lowest BCUT2D eigenvalue weighted by Crippen LogP contribution is -2.52. The molecule has 1 atom stereocenters. The largest absolute Gasteiger partial charge is 0.493 e. The van der Waals surface area contributed by atoms with Crippen molar-refractivity contribution in [2.45, 2.75) is 32.2 Å². The number of methoxy groups -OCH3 is 4. The number of carbonyl (C=O) groups excluding carboxylic acids is 2. The molecule has 34 heavy (non-hydrogen) atoms. The molecule has 3 rings (SSSR count). The summed E-state index contributed by atoms with van der Waals surface area (Å²) in [5.41, 5.74) is 1.09. The topological polar surface area (TPSA) is 96.0 Å². The fourth-order valence-corrected chi connectivity index (χ4v) is 4.00. The zero-order valence-electron chi connectivity index (χ0n) is 20.4. The molecule has 0 saturated heterocycles. The quantitative estimate of drug-likeness (QED) is 0.467. The van der Waals surface area contributed by atoms with Crippen molar-refractivity contribution in [1.82, 2.24) is 10.3 Å². The van der Waals surface area contributed by atoms with Crippen LogP contribution in [-0.4, -0.2) is 50.8 Å². The van der Waals surface area contributed by atoms with E-state index in [1.807, 2.05) is 31.2 Å². The van der Waals surface area contributed by atoms with Crippen molar-refractivity contribution in [3.8, 4) is 28.5 Å². The van der Waals surface area contributed by atoms with Crippen LogP contribution in [0.3, 0.4) is 0 Å². The van der Waals surface area contributed by atoms with E-state index >= 15 is 0 Å². The number of aromatic nitrogens is 1. The second-order valence-corrected chi connectivity index (χ2v) is 8.01. The third-order valence-electron chi connectivity index (χ3n) is 5.70. The van der Waals surface area contributed by atoms with E-state index in [1.54, 1.807) is 25.1 Å². The lowest BCUT2D eigenvalue weighted by molar-refractivity contribution is -0.147. The lowest BCUT2D eigenvalue weighted by Gasteiger charge is -2.27. The maximum absolute atomic E-state index is 13.5. The van der Waals surface area contributed by atoms with Crippen molar-refractivity contribution in [2.75, 3.05) is 28.4 Å². The fourth-order valence-electron chi connectivity index (χ4n) is 4.00. The first-order valence-corrected chi connectivity index (χ1v) is 10.9. The molecule has 180 valence electrons. The highest BCUT2D eigenvalue weighted by atomic mass is 16.5. The zero-order valence-corrected chi connectivity index (χ0v) is 20.4. The maximum atomic E-state index is 13.5. The number of esters is 1. The van der Waals surface area contributed by atoms with Gasteiger partial charge in [0.2, 0.25) is 5.75 Å². The summed E-state index contributed by atoms with van der Waals surface area (Å²) < 4.78 is 21.3. The van der Waals surface area contributed by atoms with Crippen LogP contribution in [0.5, 0.6) is 17.2 Å². The molecule has 8 nitrogen and oxygen atoms in total. The Labute approximate surface area is 199 Å². The van der Waals surface area contributed by atoms with Crippen LogP contribution >= 0.6 is 0 Å². The number of hydrogen-bond acceptors (Lipinski definition) is 7. The highest BCUT2D eigenvalue weighted by Crippen LogP contribution is 2.41. The number of carbonyl (C=O) groups is 2. The molecule has 1 N–H and O–H groups in total. The molecule has 0 bridgehead atoms. The van der Waals surface area contributed by atoms with Gasteiger partial charge in [-0.1, -0.05) is 31.5 Å². The summed E-state index contributed by atoms with van der Waals surface area (Å²) in [6.07, 6.45) is 1.13. The molecule has 0 aliphatic heterocycles. The van der Waals surface area contributed by atoms with Gasteiger partial charge in [-0.2, -0.15) is 0 Å². The molecule has 1 heterocycles. The third-order valence-corrected chi connectivity index (χ3v) is 5.70. The number of benzene rings is 2. The molecule has 1 unspecified atom stereocenters. The highest BCUT2D eigenvalue weighted by molar-refractivity contribution is 6.08. The van der Waals surface area contributed by atoms with Gasteiger partial charge in [-0.05, 0) is 37.6 Å². The summed E-state index contributed by atoms with van der Waals surface area (Å²) in [7, 11) is 5.92. The number of para-hydroxylation sites is 1. The second-order valence-electron chi connectivity index (χ2n) is 8.01. The van der Waals surface area contributed by atoms with Gasteiger partial charge in [0.15, 0.2) is 11.5 Å². The monoisotopic (exact) mass is 466 g/mol. The highest BCUT2D eigenvalue weighted by Gasteiger charge is 2.35. The van der Waals surface area contributed by atoms with Gasteiger partial charge in [0, 0.05) is 10.9 Å². The van der Waals surface area contributed by atoms with Gasteiger partial charge in [-0.25, -0.2) is 9.78 Å². The first-order chi connectivity index (χ1) is 16.3. The molecule has 1 amide bonds. The van der Waals surface area contributed by atoms with E-state index in [9.17, 15) is 9.59 Å². The summed E-state index contributed by atoms with van der Waals surface area (Å²) in [6, 6.07) is 12.6. The van der Waals surface area contributed by atoms with Crippen molar-refractivity contribution >= 4 is 22.8 Å². The third kappa shape index (κ3) is 4.76. The summed E-state index contributed by atoms with van der Waals surface area (Å²) in [5.74, 6) is 0.513. The number of amides is 1. The van der Waals surface area contributed by atoms with Crippen LogP contribution in [0.25, 0.3) is 22.2 Å². The molecule has 0 saturated carbocycles. The van der Waals surface area contributed by atoms with Gasteiger partial charge in [0.1, 0.15) is 5.54 Å². The normalized spacial score (nSPS) is 12.5. The van der Waals surface area contributed by atoms with Gasteiger partial charge in [0.25, 0.3) is 5.91 Å². The Morgan fingerprint density at radius 1 is 0.971 bits per heavy atom. The first kappa shape index (κ1) is 24.8. The molecule has 0 aliphatic rings. The van der Waals surface area contributed by atoms with Crippen LogP contribution in [0.15, 0.2) is 42.5 Å². The van der Waals surface area contributed by atoms with Crippen molar-refractivity contribution in [2.24, 2.45) is 0 Å². The van der Waals surface area contributed by atoms with Gasteiger partial charge in [-0.3, -0.25) is 4.79 Å². The molecule has 2 aromatic carbocycles. The Kier molecular flexibility index (Phi) is 7.61. The Morgan fingerprint density at radius 3 is 2.18 bits per heavy atom. The van der Waals surface area contributed by atoms with Gasteiger partial charge in [0.05, 0.1) is 45.2 Å². The van der Waals surface area contributed by atoms with E-state index in [-0.39, 0.29) is 0 Å². The first-order valence-electron chi connectivity index (χ1n) is 10.9. The Bertz CT molecular complexity index is 1180. The minimum atomic E-state index is -1.16. The molecule has 0 fully saturated rings. The minimum Gasteiger partial charge on any atom is -0.493 e. The van der Waals surface area contributed by atoms with Gasteiger partial charge < -0.3 is 24.3 Å². The smallest absolute Gasteiger partial charge is 0.331 e. The van der Waals surface area contributed by atoms with E-state index in [2.05, 4.69) is 5.32 Å². The van der Waals surface area contributed by atoms with E-state index in [0.717, 1.165) is 0 Å². The maximum Gasteiger partial charge on any atom is 0.331 e. The number of rotatable bonds is 9. The van der Waals surface area contributed by atoms with Crippen LogP contribution in [0.4, 0.5) is 0 Å². The lowest BCUT2D eigenvalue weighted by atomic mass is 9.95. The van der Waals surface area contributed by atoms with Gasteiger partial charge >= 0.3 is 5.97 Å². The number of pyridine rings is 1. The number of ether oxygens (including phenoxy) is 4. The van der Waals surface area contributed by atoms with Crippen LogP contribution in [0, 0.1) is 0 Å². The summed E-state index contributed by atoms with van der Waals surface area (Å²) in [6.45, 7) is 3.61. The Hall–Kier alpha value is -3.81. The number of hydrogen-bond donors (Lipinski definition) is 1. The summed E-state index contributed by atoms with van der Waals surface area (Å²) in [5, 5.41) is 3.55. The molecule has 0 spiro atoms. The Morgan fingerprint density at radius 2 is 1.62 bits per heavy atom. The zero-order chi connectivity index (χ0) is 24.9. The molecule has 0 aliphatic carbocycles. The van der Waals surface area contributed by atoms with Crippen molar-refractivity contribution in [1.29, 1.82) is 0 Å². The predicted molar refractivity (Wildman–Crippen MR) is 130 cm³/mol. The van der Waals surface area contributed by atoms with Crippen molar-refractivity contribution in [3.05, 3.63) is 48.0 Å². The van der Waals surface area contributed by atoms with Crippen LogP contribution in [-0.2, 0) is 9.53 Å². The Balaban J connectivity index is 2.17. The molecular weight excluding hydrogens is 436 g/mol. The van der Waals surface area contributed by atoms with Crippen LogP contribution in [0.2, 0.25) is 0 Å². The van der Waals surface area contributed by atoms with E-state index in [1.165, 1.54) is 28.4 Å². The molecule has 1 aromatic heterocycles. The van der Waals surface area contributed by atoms with Crippen LogP contribution < -0.4 is 19.5 Å². The number of nitrogens with one attached hydrogen (secondary N) is 1. The molecular formula is C26H30N2O6. The second kappa shape index (κ2) is 10.4. The van der Waals surface area contributed by atoms with E-state index in [0.29, 0.717) is 57.8 Å². The fraction of sp³-hybridized carbons (Fsp3) is 0.346. The average Bonchev–Trinajstić information content (AvgIpc) is 2.86. The number of nitrogens with zero attached hydrogens (tertiary/aromatic N) is 1. The standard InChI is InChI=1S/C26H30N2O6/c1-7-12-26(2,25(30)34-6)28-24(29)18-15-20(27-19-11-9-8-10-17(18)19)16-13-21(31-3)23(33-5)22(14-16)32-4/h8-11,13-15H,7,12H2,1-6H3,(H,28,29). The van der Waals surface area contributed by atoms with Crippen molar-refractivity contribution in [3.63, 3.8) is 0 Å². The minimum absolute atomic E-state index is 0.389. The number of fused-ring (bicyclic) bond motifs is 1. The molecule has 0 radical (unpaired) electrons. The summed E-state index contributed by atoms with van der Waals surface area (Å²) in [4.78, 5) is 30.7. The SMILES string of the molecule is CCCC(C)(NC(=O)c1cc(-c2cc(OC)c(OC)c(OC)c2)nc2ccccc12)C(=O)OC. The van der Waals surface area contributed by atoms with E-state index < -0.39 is 17.4 Å². The molecule has 3 aromatic rings. The van der Waals surface area contributed by atoms with Crippen LogP contribution in [0.1, 0.15) is 37.0 Å². The van der Waals surface area contributed by atoms with Gasteiger partial charge in [-0.15, -0.1) is 0 Å². The molecule has 8 heteroatoms. The average molecular weight is 467 g/mol. The predicted octanol–water partition coefficient (Wildman–Crippen LogP) is 4.39. The van der Waals surface area contributed by atoms with Crippen molar-refractivity contribution < 1.29 is 28.5 Å². The van der Waals surface area contributed by atoms with E-state index in [4.69, 9.17) is 23.9 Å².